The number of benzene rings is 1. The fraction of sp³-hybridized carbons (Fsp3) is 0.571. The Hall–Kier alpha value is -1.02. The van der Waals surface area contributed by atoms with Crippen molar-refractivity contribution in [3.05, 3.63) is 29.8 Å². The first kappa shape index (κ1) is 13.0. The lowest BCUT2D eigenvalue weighted by atomic mass is 9.98. The molecule has 0 amide bonds. The minimum Gasteiger partial charge on any atom is -0.488 e. The summed E-state index contributed by atoms with van der Waals surface area (Å²) in [6, 6.07) is 8.07. The molecular formula is C14H22O2. The van der Waals surface area contributed by atoms with E-state index < -0.39 is 6.10 Å². The molecule has 0 fully saturated rings. The molecule has 0 aliphatic carbocycles. The van der Waals surface area contributed by atoms with Crippen molar-refractivity contribution >= 4 is 0 Å². The predicted octanol–water partition coefficient (Wildman–Crippen LogP) is 3.35. The van der Waals surface area contributed by atoms with Crippen LogP contribution in [0.2, 0.25) is 0 Å². The zero-order valence-corrected chi connectivity index (χ0v) is 10.6. The molecule has 1 aromatic carbocycles. The van der Waals surface area contributed by atoms with Gasteiger partial charge in [-0.3, -0.25) is 0 Å². The Balaban J connectivity index is 2.86. The average Bonchev–Trinajstić information content (AvgIpc) is 2.28. The number of hydrogen-bond acceptors (Lipinski definition) is 2. The van der Waals surface area contributed by atoms with Gasteiger partial charge in [-0.1, -0.05) is 32.0 Å². The topological polar surface area (TPSA) is 29.5 Å². The second-order valence-corrected chi connectivity index (χ2v) is 4.41. The number of para-hydroxylation sites is 1. The minimum atomic E-state index is -0.454. The molecule has 1 aromatic rings. The first-order valence-electron chi connectivity index (χ1n) is 5.99. The Morgan fingerprint density at radius 1 is 1.19 bits per heavy atom. The van der Waals surface area contributed by atoms with Gasteiger partial charge < -0.3 is 9.84 Å². The van der Waals surface area contributed by atoms with Crippen LogP contribution < -0.4 is 4.74 Å². The summed E-state index contributed by atoms with van der Waals surface area (Å²) in [5.74, 6) is 1.38. The number of ether oxygens (including phenoxy) is 1. The molecule has 1 N–H and O–H groups in total. The summed E-state index contributed by atoms with van der Waals surface area (Å²) >= 11 is 0. The molecular weight excluding hydrogens is 200 g/mol. The van der Waals surface area contributed by atoms with Crippen molar-refractivity contribution in [2.75, 3.05) is 0 Å². The highest BCUT2D eigenvalue weighted by atomic mass is 16.5. The Labute approximate surface area is 98.3 Å². The molecule has 0 heterocycles. The van der Waals surface area contributed by atoms with Gasteiger partial charge in [-0.15, -0.1) is 0 Å². The molecule has 90 valence electrons. The Morgan fingerprint density at radius 2 is 1.81 bits per heavy atom. The van der Waals surface area contributed by atoms with E-state index in [4.69, 9.17) is 4.74 Å². The molecule has 2 heteroatoms. The number of aliphatic hydroxyl groups is 1. The third kappa shape index (κ3) is 3.24. The summed E-state index contributed by atoms with van der Waals surface area (Å²) in [5, 5.41) is 9.44. The highest BCUT2D eigenvalue weighted by molar-refractivity contribution is 5.36. The lowest BCUT2D eigenvalue weighted by molar-refractivity contribution is 0.0596. The molecule has 0 aromatic heterocycles. The van der Waals surface area contributed by atoms with Gasteiger partial charge in [-0.25, -0.2) is 0 Å². The van der Waals surface area contributed by atoms with Gasteiger partial charge in [-0.05, 0) is 37.8 Å². The zero-order valence-electron chi connectivity index (χ0n) is 10.6. The minimum absolute atomic E-state index is 0.176. The summed E-state index contributed by atoms with van der Waals surface area (Å²) in [6.07, 6.45) is 0.457. The van der Waals surface area contributed by atoms with Crippen molar-refractivity contribution in [3.8, 4) is 5.75 Å². The fourth-order valence-electron chi connectivity index (χ4n) is 1.51. The van der Waals surface area contributed by atoms with Crippen molar-refractivity contribution < 1.29 is 9.84 Å². The number of aliphatic hydroxyl groups excluding tert-OH is 1. The molecule has 3 atom stereocenters. The van der Waals surface area contributed by atoms with Crippen LogP contribution >= 0.6 is 0 Å². The van der Waals surface area contributed by atoms with Gasteiger partial charge in [0.25, 0.3) is 0 Å². The van der Waals surface area contributed by atoms with E-state index in [-0.39, 0.29) is 6.10 Å². The second-order valence-electron chi connectivity index (χ2n) is 4.41. The number of rotatable bonds is 5. The maximum atomic E-state index is 9.44. The van der Waals surface area contributed by atoms with Crippen LogP contribution in [-0.4, -0.2) is 17.3 Å². The summed E-state index contributed by atoms with van der Waals surface area (Å²) in [7, 11) is 0. The quantitative estimate of drug-likeness (QED) is 0.828. The molecule has 1 rings (SSSR count). The largest absolute Gasteiger partial charge is 0.488 e. The van der Waals surface area contributed by atoms with Gasteiger partial charge in [0.1, 0.15) is 11.9 Å². The van der Waals surface area contributed by atoms with E-state index in [1.165, 1.54) is 5.56 Å². The van der Waals surface area contributed by atoms with E-state index in [2.05, 4.69) is 19.9 Å². The normalized spacial score (nSPS) is 16.6. The zero-order chi connectivity index (χ0) is 12.1. The molecule has 2 nitrogen and oxygen atoms in total. The van der Waals surface area contributed by atoms with Crippen LogP contribution in [0.5, 0.6) is 5.75 Å². The van der Waals surface area contributed by atoms with E-state index >= 15 is 0 Å². The van der Waals surface area contributed by atoms with E-state index in [0.717, 1.165) is 12.2 Å². The molecule has 0 radical (unpaired) electrons. The van der Waals surface area contributed by atoms with Gasteiger partial charge >= 0.3 is 0 Å². The molecule has 2 unspecified atom stereocenters. The second kappa shape index (κ2) is 5.90. The van der Waals surface area contributed by atoms with Crippen LogP contribution in [0.1, 0.15) is 45.6 Å². The van der Waals surface area contributed by atoms with Gasteiger partial charge in [0.2, 0.25) is 0 Å². The Bertz CT molecular complexity index is 320. The Kier molecular flexibility index (Phi) is 4.81. The molecule has 16 heavy (non-hydrogen) atoms. The van der Waals surface area contributed by atoms with Crippen molar-refractivity contribution in [2.24, 2.45) is 0 Å². The Morgan fingerprint density at radius 3 is 2.38 bits per heavy atom. The van der Waals surface area contributed by atoms with E-state index in [1.54, 1.807) is 6.92 Å². The summed E-state index contributed by atoms with van der Waals surface area (Å²) in [6.45, 7) is 7.99. The molecule has 0 saturated carbocycles. The monoisotopic (exact) mass is 222 g/mol. The maximum Gasteiger partial charge on any atom is 0.123 e. The van der Waals surface area contributed by atoms with Gasteiger partial charge in [0.15, 0.2) is 0 Å². The predicted molar refractivity (Wildman–Crippen MR) is 66.9 cm³/mol. The molecule has 0 spiro atoms. The van der Waals surface area contributed by atoms with Crippen LogP contribution in [0, 0.1) is 0 Å². The van der Waals surface area contributed by atoms with Crippen LogP contribution in [-0.2, 0) is 0 Å². The van der Waals surface area contributed by atoms with E-state index in [1.807, 2.05) is 25.1 Å². The molecule has 0 aliphatic heterocycles. The highest BCUT2D eigenvalue weighted by Gasteiger charge is 2.14. The van der Waals surface area contributed by atoms with Crippen LogP contribution in [0.3, 0.4) is 0 Å². The van der Waals surface area contributed by atoms with Crippen molar-refractivity contribution in [2.45, 2.75) is 52.2 Å². The SMILES string of the molecule is CCC(C)c1ccccc1OC(C)[C@H](C)O. The summed E-state index contributed by atoms with van der Waals surface area (Å²) in [5.41, 5.74) is 1.22. The van der Waals surface area contributed by atoms with E-state index in [0.29, 0.717) is 5.92 Å². The summed E-state index contributed by atoms with van der Waals surface area (Å²) in [4.78, 5) is 0. The van der Waals surface area contributed by atoms with Crippen molar-refractivity contribution in [1.29, 1.82) is 0 Å². The molecule has 0 saturated heterocycles. The standard InChI is InChI=1S/C14H22O2/c1-5-10(2)13-8-6-7-9-14(13)16-12(4)11(3)15/h6-12,15H,5H2,1-4H3/t10?,11-,12?/m0/s1. The third-order valence-electron chi connectivity index (χ3n) is 3.05. The van der Waals surface area contributed by atoms with Crippen molar-refractivity contribution in [3.63, 3.8) is 0 Å². The maximum absolute atomic E-state index is 9.44. The average molecular weight is 222 g/mol. The molecule has 0 aliphatic rings. The van der Waals surface area contributed by atoms with Gasteiger partial charge in [-0.2, -0.15) is 0 Å². The van der Waals surface area contributed by atoms with Gasteiger partial charge in [0, 0.05) is 0 Å². The van der Waals surface area contributed by atoms with Crippen molar-refractivity contribution in [1.82, 2.24) is 0 Å². The molecule has 0 bridgehead atoms. The fourth-order valence-corrected chi connectivity index (χ4v) is 1.51. The smallest absolute Gasteiger partial charge is 0.123 e. The van der Waals surface area contributed by atoms with Crippen LogP contribution in [0.15, 0.2) is 24.3 Å². The van der Waals surface area contributed by atoms with Crippen LogP contribution in [0.25, 0.3) is 0 Å². The van der Waals surface area contributed by atoms with Gasteiger partial charge in [0.05, 0.1) is 6.10 Å². The van der Waals surface area contributed by atoms with Crippen LogP contribution in [0.4, 0.5) is 0 Å². The lowest BCUT2D eigenvalue weighted by Gasteiger charge is -2.21. The lowest BCUT2D eigenvalue weighted by Crippen LogP contribution is -2.26. The highest BCUT2D eigenvalue weighted by Crippen LogP contribution is 2.29. The first-order chi connectivity index (χ1) is 7.56. The van der Waals surface area contributed by atoms with E-state index in [9.17, 15) is 5.11 Å². The number of hydrogen-bond donors (Lipinski definition) is 1. The first-order valence-corrected chi connectivity index (χ1v) is 5.99. The third-order valence-corrected chi connectivity index (χ3v) is 3.05. The summed E-state index contributed by atoms with van der Waals surface area (Å²) < 4.78 is 5.78.